The molecule has 1 aromatic heterocycles. The number of benzene rings is 2. The van der Waals surface area contributed by atoms with E-state index >= 15 is 0 Å². The van der Waals surface area contributed by atoms with Crippen molar-refractivity contribution < 1.29 is 4.42 Å². The van der Waals surface area contributed by atoms with Crippen LogP contribution in [-0.2, 0) is 0 Å². The van der Waals surface area contributed by atoms with Gasteiger partial charge in [-0.15, -0.1) is 0 Å². The topological polar surface area (TPSA) is 52.0 Å². The lowest BCUT2D eigenvalue weighted by molar-refractivity contribution is 0.617. The van der Waals surface area contributed by atoms with Gasteiger partial charge in [-0.3, -0.25) is 0 Å². The molecule has 0 aliphatic rings. The molecule has 0 bridgehead atoms. The highest BCUT2D eigenvalue weighted by Gasteiger charge is 2.18. The second-order valence-corrected chi connectivity index (χ2v) is 6.75. The van der Waals surface area contributed by atoms with Gasteiger partial charge in [0.15, 0.2) is 5.58 Å². The molecule has 5 heteroatoms. The fourth-order valence-corrected chi connectivity index (χ4v) is 3.36. The van der Waals surface area contributed by atoms with Gasteiger partial charge in [-0.2, -0.15) is 0 Å². The lowest BCUT2D eigenvalue weighted by Crippen LogP contribution is -1.92. The zero-order chi connectivity index (χ0) is 15.3. The summed E-state index contributed by atoms with van der Waals surface area (Å²) in [5, 5.41) is 0. The van der Waals surface area contributed by atoms with Gasteiger partial charge in [-0.1, -0.05) is 6.07 Å². The fourth-order valence-electron chi connectivity index (χ4n) is 2.25. The van der Waals surface area contributed by atoms with E-state index in [1.807, 2.05) is 13.0 Å². The van der Waals surface area contributed by atoms with Gasteiger partial charge in [0, 0.05) is 15.6 Å². The zero-order valence-electron chi connectivity index (χ0n) is 11.9. The predicted octanol–water partition coefficient (Wildman–Crippen LogP) is 5.53. The Morgan fingerprint density at radius 1 is 1.05 bits per heavy atom. The van der Waals surface area contributed by atoms with E-state index in [0.717, 1.165) is 31.2 Å². The maximum atomic E-state index is 6.07. The fraction of sp³-hybridized carbons (Fsp3) is 0.188. The first kappa shape index (κ1) is 14.6. The van der Waals surface area contributed by atoms with E-state index in [0.29, 0.717) is 11.6 Å². The van der Waals surface area contributed by atoms with Gasteiger partial charge in [0.1, 0.15) is 5.52 Å². The number of aryl methyl sites for hydroxylation is 3. The number of oxazole rings is 1. The summed E-state index contributed by atoms with van der Waals surface area (Å²) in [6.07, 6.45) is 0. The molecule has 3 nitrogen and oxygen atoms in total. The average Bonchev–Trinajstić information content (AvgIpc) is 2.91. The Morgan fingerprint density at radius 2 is 1.76 bits per heavy atom. The molecule has 0 atom stereocenters. The molecule has 21 heavy (non-hydrogen) atoms. The first-order valence-electron chi connectivity index (χ1n) is 6.51. The lowest BCUT2D eigenvalue weighted by Gasteiger charge is -2.05. The number of aromatic nitrogens is 1. The molecule has 1 heterocycles. The van der Waals surface area contributed by atoms with Crippen LogP contribution in [0.5, 0.6) is 0 Å². The van der Waals surface area contributed by atoms with E-state index in [4.69, 9.17) is 10.2 Å². The SMILES string of the molecule is Cc1ccc(-c2nc3c(Br)c(N)c(Br)c(C)c3o2)cc1C. The summed E-state index contributed by atoms with van der Waals surface area (Å²) in [5.74, 6) is 0.606. The van der Waals surface area contributed by atoms with Gasteiger partial charge in [-0.25, -0.2) is 4.98 Å². The molecule has 0 saturated heterocycles. The summed E-state index contributed by atoms with van der Waals surface area (Å²) in [5.41, 5.74) is 12.6. The van der Waals surface area contributed by atoms with Crippen molar-refractivity contribution in [2.45, 2.75) is 20.8 Å². The summed E-state index contributed by atoms with van der Waals surface area (Å²) in [6, 6.07) is 6.18. The number of hydrogen-bond acceptors (Lipinski definition) is 3. The molecule has 0 fully saturated rings. The number of hydrogen-bond donors (Lipinski definition) is 1. The van der Waals surface area contributed by atoms with Gasteiger partial charge < -0.3 is 10.2 Å². The number of nitrogens with zero attached hydrogens (tertiary/aromatic N) is 1. The number of rotatable bonds is 1. The van der Waals surface area contributed by atoms with Crippen molar-refractivity contribution in [3.8, 4) is 11.5 Å². The second-order valence-electron chi connectivity index (χ2n) is 5.16. The summed E-state index contributed by atoms with van der Waals surface area (Å²) < 4.78 is 7.57. The van der Waals surface area contributed by atoms with E-state index in [9.17, 15) is 0 Å². The molecule has 0 saturated carbocycles. The molecule has 0 aliphatic carbocycles. The largest absolute Gasteiger partial charge is 0.436 e. The monoisotopic (exact) mass is 408 g/mol. The smallest absolute Gasteiger partial charge is 0.227 e. The molecule has 0 radical (unpaired) electrons. The molecule has 3 aromatic rings. The normalized spacial score (nSPS) is 11.3. The van der Waals surface area contributed by atoms with Gasteiger partial charge in [0.05, 0.1) is 10.2 Å². The third-order valence-electron chi connectivity index (χ3n) is 3.73. The van der Waals surface area contributed by atoms with E-state index in [1.165, 1.54) is 11.1 Å². The third-order valence-corrected chi connectivity index (χ3v) is 5.56. The highest BCUT2D eigenvalue weighted by molar-refractivity contribution is 9.11. The number of fused-ring (bicyclic) bond motifs is 1. The Kier molecular flexibility index (Phi) is 3.58. The maximum Gasteiger partial charge on any atom is 0.227 e. The molecule has 108 valence electrons. The van der Waals surface area contributed by atoms with Gasteiger partial charge >= 0.3 is 0 Å². The van der Waals surface area contributed by atoms with Crippen LogP contribution >= 0.6 is 31.9 Å². The molecular formula is C16H14Br2N2O. The Bertz CT molecular complexity index is 824. The number of halogens is 2. The number of nitrogen functional groups attached to an aromatic ring is 1. The quantitative estimate of drug-likeness (QED) is 0.537. The molecular weight excluding hydrogens is 396 g/mol. The molecule has 0 spiro atoms. The second kappa shape index (κ2) is 5.14. The van der Waals surface area contributed by atoms with E-state index in [-0.39, 0.29) is 0 Å². The zero-order valence-corrected chi connectivity index (χ0v) is 15.1. The highest BCUT2D eigenvalue weighted by Crippen LogP contribution is 2.40. The Balaban J connectivity index is 2.28. The minimum atomic E-state index is 0.606. The number of anilines is 1. The van der Waals surface area contributed by atoms with Crippen molar-refractivity contribution in [2.75, 3.05) is 5.73 Å². The van der Waals surface area contributed by atoms with Crippen molar-refractivity contribution in [1.82, 2.24) is 4.98 Å². The molecule has 2 N–H and O–H groups in total. The van der Waals surface area contributed by atoms with Crippen LogP contribution in [0.15, 0.2) is 31.6 Å². The standard InChI is InChI=1S/C16H14Br2N2O/c1-7-4-5-10(6-8(7)2)16-20-14-12(18)13(19)11(17)9(3)15(14)21-16/h4-6H,19H2,1-3H3. The average molecular weight is 410 g/mol. The summed E-state index contributed by atoms with van der Waals surface area (Å²) in [7, 11) is 0. The van der Waals surface area contributed by atoms with E-state index < -0.39 is 0 Å². The van der Waals surface area contributed by atoms with Crippen LogP contribution in [0.1, 0.15) is 16.7 Å². The molecule has 2 aromatic carbocycles. The first-order chi connectivity index (χ1) is 9.90. The van der Waals surface area contributed by atoms with Crippen molar-refractivity contribution in [3.63, 3.8) is 0 Å². The van der Waals surface area contributed by atoms with Crippen LogP contribution in [0.4, 0.5) is 5.69 Å². The van der Waals surface area contributed by atoms with Gasteiger partial charge in [-0.05, 0) is 75.9 Å². The maximum absolute atomic E-state index is 6.07. The molecule has 0 aliphatic heterocycles. The number of nitrogens with two attached hydrogens (primary N) is 1. The molecule has 3 rings (SSSR count). The van der Waals surface area contributed by atoms with Gasteiger partial charge in [0.2, 0.25) is 5.89 Å². The first-order valence-corrected chi connectivity index (χ1v) is 8.10. The Labute approximate surface area is 139 Å². The summed E-state index contributed by atoms with van der Waals surface area (Å²) >= 11 is 7.00. The van der Waals surface area contributed by atoms with Crippen LogP contribution in [0, 0.1) is 20.8 Å². The van der Waals surface area contributed by atoms with E-state index in [1.54, 1.807) is 0 Å². The third kappa shape index (κ3) is 2.28. The van der Waals surface area contributed by atoms with Crippen molar-refractivity contribution in [2.24, 2.45) is 0 Å². The minimum Gasteiger partial charge on any atom is -0.436 e. The Morgan fingerprint density at radius 3 is 2.43 bits per heavy atom. The van der Waals surface area contributed by atoms with Crippen LogP contribution in [-0.4, -0.2) is 4.98 Å². The van der Waals surface area contributed by atoms with Crippen molar-refractivity contribution in [3.05, 3.63) is 43.8 Å². The van der Waals surface area contributed by atoms with Crippen LogP contribution in [0.2, 0.25) is 0 Å². The highest BCUT2D eigenvalue weighted by atomic mass is 79.9. The van der Waals surface area contributed by atoms with Crippen LogP contribution in [0.3, 0.4) is 0 Å². The predicted molar refractivity (Wildman–Crippen MR) is 93.5 cm³/mol. The van der Waals surface area contributed by atoms with Gasteiger partial charge in [0.25, 0.3) is 0 Å². The molecule has 0 amide bonds. The molecule has 0 unspecified atom stereocenters. The van der Waals surface area contributed by atoms with Crippen LogP contribution < -0.4 is 5.73 Å². The summed E-state index contributed by atoms with van der Waals surface area (Å²) in [6.45, 7) is 6.13. The van der Waals surface area contributed by atoms with Crippen LogP contribution in [0.25, 0.3) is 22.6 Å². The lowest BCUT2D eigenvalue weighted by atomic mass is 10.1. The van der Waals surface area contributed by atoms with Crippen molar-refractivity contribution in [1.29, 1.82) is 0 Å². The summed E-state index contributed by atoms with van der Waals surface area (Å²) in [4.78, 5) is 4.60. The van der Waals surface area contributed by atoms with E-state index in [2.05, 4.69) is 62.8 Å². The van der Waals surface area contributed by atoms with Crippen molar-refractivity contribution >= 4 is 48.6 Å². The Hall–Kier alpha value is -1.33. The minimum absolute atomic E-state index is 0.606.